The van der Waals surface area contributed by atoms with Gasteiger partial charge in [0.1, 0.15) is 11.2 Å². The van der Waals surface area contributed by atoms with E-state index in [0.717, 1.165) is 61.6 Å². The minimum atomic E-state index is 0.887. The van der Waals surface area contributed by atoms with Crippen molar-refractivity contribution in [2.45, 2.75) is 0 Å². The fraction of sp³-hybridized carbons (Fsp3) is 0. The van der Waals surface area contributed by atoms with Crippen LogP contribution in [0.4, 0.5) is 34.1 Å². The van der Waals surface area contributed by atoms with Crippen molar-refractivity contribution in [2.24, 2.45) is 0 Å². The van der Waals surface area contributed by atoms with Crippen molar-refractivity contribution in [2.75, 3.05) is 9.80 Å². The first-order chi connectivity index (χ1) is 27.3. The van der Waals surface area contributed by atoms with Gasteiger partial charge in [-0.15, -0.1) is 0 Å². The van der Waals surface area contributed by atoms with Crippen LogP contribution in [0.1, 0.15) is 0 Å². The van der Waals surface area contributed by atoms with Gasteiger partial charge in [0, 0.05) is 44.5 Å². The molecule has 0 bridgehead atoms. The Hall–Kier alpha value is -7.36. The molecule has 3 nitrogen and oxygen atoms in total. The van der Waals surface area contributed by atoms with Crippen molar-refractivity contribution >= 4 is 66.8 Å². The molecule has 0 aliphatic heterocycles. The standard InChI is InChI=1S/C52H36N2O/c1-4-16-37(17-5-1)44-22-12-14-26-49(44)54(40-20-8-3-9-21-40)50-34-33-43(45-23-10-11-24-46(45)50)38-28-30-41(31-29-38)53(39-18-6-2-7-19-39)42-32-35-52-48(36-42)47-25-13-15-27-51(47)55-52/h1-36H. The molecule has 0 unspecified atom stereocenters. The van der Waals surface area contributed by atoms with Crippen molar-refractivity contribution < 1.29 is 4.42 Å². The van der Waals surface area contributed by atoms with Crippen molar-refractivity contribution in [1.82, 2.24) is 0 Å². The lowest BCUT2D eigenvalue weighted by Gasteiger charge is -2.29. The maximum atomic E-state index is 6.18. The van der Waals surface area contributed by atoms with Crippen LogP contribution in [0.3, 0.4) is 0 Å². The highest BCUT2D eigenvalue weighted by Gasteiger charge is 2.21. The summed E-state index contributed by atoms with van der Waals surface area (Å²) < 4.78 is 6.18. The summed E-state index contributed by atoms with van der Waals surface area (Å²) in [7, 11) is 0. The van der Waals surface area contributed by atoms with Gasteiger partial charge < -0.3 is 14.2 Å². The van der Waals surface area contributed by atoms with Crippen molar-refractivity contribution in [3.8, 4) is 22.3 Å². The average Bonchev–Trinajstić information content (AvgIpc) is 3.64. The predicted molar refractivity (Wildman–Crippen MR) is 231 cm³/mol. The molecule has 3 heteroatoms. The van der Waals surface area contributed by atoms with E-state index in [9.17, 15) is 0 Å². The largest absolute Gasteiger partial charge is 0.456 e. The lowest BCUT2D eigenvalue weighted by molar-refractivity contribution is 0.669. The second-order valence-electron chi connectivity index (χ2n) is 13.7. The zero-order valence-corrected chi connectivity index (χ0v) is 30.1. The molecule has 0 saturated heterocycles. The fourth-order valence-electron chi connectivity index (χ4n) is 7.91. The van der Waals surface area contributed by atoms with E-state index in [2.05, 4.69) is 216 Å². The molecule has 0 radical (unpaired) electrons. The Kier molecular flexibility index (Phi) is 8.16. The summed E-state index contributed by atoms with van der Waals surface area (Å²) in [6.45, 7) is 0. The van der Waals surface area contributed by atoms with Crippen LogP contribution >= 0.6 is 0 Å². The van der Waals surface area contributed by atoms with E-state index in [-0.39, 0.29) is 0 Å². The predicted octanol–water partition coefficient (Wildman–Crippen LogP) is 15.0. The molecule has 10 aromatic rings. The number of hydrogen-bond acceptors (Lipinski definition) is 3. The second kappa shape index (κ2) is 13.9. The van der Waals surface area contributed by atoms with Crippen LogP contribution in [0.15, 0.2) is 223 Å². The van der Waals surface area contributed by atoms with Gasteiger partial charge in [-0.2, -0.15) is 0 Å². The summed E-state index contributed by atoms with van der Waals surface area (Å²) >= 11 is 0. The van der Waals surface area contributed by atoms with Gasteiger partial charge in [0.05, 0.1) is 11.4 Å². The van der Waals surface area contributed by atoms with Gasteiger partial charge in [0.2, 0.25) is 0 Å². The van der Waals surface area contributed by atoms with Crippen LogP contribution in [-0.4, -0.2) is 0 Å². The molecule has 55 heavy (non-hydrogen) atoms. The van der Waals surface area contributed by atoms with E-state index in [1.54, 1.807) is 0 Å². The molecule has 0 fully saturated rings. The minimum Gasteiger partial charge on any atom is -0.456 e. The van der Waals surface area contributed by atoms with Gasteiger partial charge in [-0.25, -0.2) is 0 Å². The van der Waals surface area contributed by atoms with Crippen molar-refractivity contribution in [3.05, 3.63) is 218 Å². The van der Waals surface area contributed by atoms with Crippen LogP contribution in [-0.2, 0) is 0 Å². The molecule has 1 aromatic heterocycles. The molecule has 10 rings (SSSR count). The molecule has 0 saturated carbocycles. The Bertz CT molecular complexity index is 2920. The van der Waals surface area contributed by atoms with E-state index in [0.29, 0.717) is 0 Å². The summed E-state index contributed by atoms with van der Waals surface area (Å²) in [5.74, 6) is 0. The van der Waals surface area contributed by atoms with E-state index in [1.807, 2.05) is 12.1 Å². The number of hydrogen-bond donors (Lipinski definition) is 0. The molecule has 0 amide bonds. The van der Waals surface area contributed by atoms with Gasteiger partial charge in [-0.1, -0.05) is 146 Å². The van der Waals surface area contributed by atoms with Gasteiger partial charge in [0.15, 0.2) is 0 Å². The Balaban J connectivity index is 1.08. The summed E-state index contributed by atoms with van der Waals surface area (Å²) in [4.78, 5) is 4.71. The number of para-hydroxylation sites is 4. The average molecular weight is 705 g/mol. The first-order valence-electron chi connectivity index (χ1n) is 18.7. The highest BCUT2D eigenvalue weighted by Crippen LogP contribution is 2.46. The zero-order chi connectivity index (χ0) is 36.6. The highest BCUT2D eigenvalue weighted by atomic mass is 16.3. The molecular formula is C52H36N2O. The molecule has 0 aliphatic rings. The summed E-state index contributed by atoms with van der Waals surface area (Å²) in [6.07, 6.45) is 0. The normalized spacial score (nSPS) is 11.3. The van der Waals surface area contributed by atoms with Crippen LogP contribution in [0.2, 0.25) is 0 Å². The third-order valence-corrected chi connectivity index (χ3v) is 10.5. The molecule has 0 N–H and O–H groups in total. The number of nitrogens with zero attached hydrogens (tertiary/aromatic N) is 2. The van der Waals surface area contributed by atoms with E-state index < -0.39 is 0 Å². The molecule has 9 aromatic carbocycles. The monoisotopic (exact) mass is 704 g/mol. The Morgan fingerprint density at radius 2 is 0.800 bits per heavy atom. The van der Waals surface area contributed by atoms with E-state index in [1.165, 1.54) is 27.5 Å². The third-order valence-electron chi connectivity index (χ3n) is 10.5. The van der Waals surface area contributed by atoms with Crippen LogP contribution in [0, 0.1) is 0 Å². The number of rotatable bonds is 8. The quantitative estimate of drug-likeness (QED) is 0.157. The number of anilines is 6. The number of furan rings is 1. The first kappa shape index (κ1) is 32.3. The maximum absolute atomic E-state index is 6.18. The van der Waals surface area contributed by atoms with Crippen LogP contribution in [0.25, 0.3) is 55.0 Å². The van der Waals surface area contributed by atoms with Crippen LogP contribution < -0.4 is 9.80 Å². The van der Waals surface area contributed by atoms with E-state index >= 15 is 0 Å². The number of benzene rings is 9. The fourth-order valence-corrected chi connectivity index (χ4v) is 7.91. The molecule has 260 valence electrons. The van der Waals surface area contributed by atoms with Crippen LogP contribution in [0.5, 0.6) is 0 Å². The zero-order valence-electron chi connectivity index (χ0n) is 30.1. The Morgan fingerprint density at radius 1 is 0.273 bits per heavy atom. The lowest BCUT2D eigenvalue weighted by Crippen LogP contribution is -2.11. The molecule has 0 atom stereocenters. The van der Waals surface area contributed by atoms with Gasteiger partial charge in [-0.3, -0.25) is 0 Å². The van der Waals surface area contributed by atoms with Gasteiger partial charge in [0.25, 0.3) is 0 Å². The molecule has 0 aliphatic carbocycles. The highest BCUT2D eigenvalue weighted by molar-refractivity contribution is 6.08. The molecular weight excluding hydrogens is 669 g/mol. The third kappa shape index (κ3) is 5.89. The Labute approximate surface area is 320 Å². The molecule has 1 heterocycles. The molecule has 0 spiro atoms. The minimum absolute atomic E-state index is 0.887. The SMILES string of the molecule is c1ccc(-c2ccccc2N(c2ccccc2)c2ccc(-c3ccc(N(c4ccccc4)c4ccc5oc6ccccc6c5c4)cc3)c3ccccc23)cc1. The summed E-state index contributed by atoms with van der Waals surface area (Å²) in [5.41, 5.74) is 13.1. The van der Waals surface area contributed by atoms with Crippen molar-refractivity contribution in [3.63, 3.8) is 0 Å². The lowest BCUT2D eigenvalue weighted by atomic mass is 9.95. The maximum Gasteiger partial charge on any atom is 0.135 e. The second-order valence-corrected chi connectivity index (χ2v) is 13.7. The Morgan fingerprint density at radius 3 is 1.55 bits per heavy atom. The van der Waals surface area contributed by atoms with Gasteiger partial charge >= 0.3 is 0 Å². The first-order valence-corrected chi connectivity index (χ1v) is 18.7. The summed E-state index contributed by atoms with van der Waals surface area (Å²) in [6, 6.07) is 77.6. The van der Waals surface area contributed by atoms with Gasteiger partial charge in [-0.05, 0) is 94.9 Å². The smallest absolute Gasteiger partial charge is 0.135 e. The summed E-state index contributed by atoms with van der Waals surface area (Å²) in [5, 5.41) is 4.60. The van der Waals surface area contributed by atoms with E-state index in [4.69, 9.17) is 4.42 Å². The number of fused-ring (bicyclic) bond motifs is 4. The topological polar surface area (TPSA) is 19.6 Å². The van der Waals surface area contributed by atoms with Crippen molar-refractivity contribution in [1.29, 1.82) is 0 Å².